The maximum absolute atomic E-state index is 6.57. The molecule has 1 aliphatic rings. The lowest BCUT2D eigenvalue weighted by atomic mass is 9.79. The SMILES string of the molecule is CCOC(=S)C1=C(c2ccccc2)Oc2ccc3ccccc3c2C1c1ccccc1. The number of thiocarbonyl (C=S) groups is 1. The zero-order valence-corrected chi connectivity index (χ0v) is 18.1. The Kier molecular flexibility index (Phi) is 5.27. The third kappa shape index (κ3) is 3.51. The van der Waals surface area contributed by atoms with Gasteiger partial charge in [-0.05, 0) is 41.5 Å². The van der Waals surface area contributed by atoms with E-state index in [4.69, 9.17) is 21.7 Å². The second-order valence-electron chi connectivity index (χ2n) is 7.47. The van der Waals surface area contributed by atoms with Gasteiger partial charge in [0.2, 0.25) is 0 Å². The topological polar surface area (TPSA) is 18.5 Å². The molecule has 4 aromatic carbocycles. The monoisotopic (exact) mass is 422 g/mol. The average Bonchev–Trinajstić information content (AvgIpc) is 2.84. The highest BCUT2D eigenvalue weighted by Gasteiger charge is 2.36. The summed E-state index contributed by atoms with van der Waals surface area (Å²) in [6.07, 6.45) is 0. The molecule has 152 valence electrons. The standard InChI is InChI=1S/C28H22O2S/c1-2-29-28(31)26-24(20-12-5-3-6-13-20)25-22-16-10-9-11-19(22)17-18-23(25)30-27(26)21-14-7-4-8-15-21/h3-18,24H,2H2,1H3. The highest BCUT2D eigenvalue weighted by atomic mass is 32.1. The number of fused-ring (bicyclic) bond motifs is 3. The summed E-state index contributed by atoms with van der Waals surface area (Å²) >= 11 is 5.82. The molecule has 0 bridgehead atoms. The van der Waals surface area contributed by atoms with Crippen molar-refractivity contribution in [3.05, 3.63) is 119 Å². The fourth-order valence-corrected chi connectivity index (χ4v) is 4.63. The number of ether oxygens (including phenoxy) is 2. The Morgan fingerprint density at radius 3 is 2.26 bits per heavy atom. The van der Waals surface area contributed by atoms with Crippen LogP contribution in [0.15, 0.2) is 103 Å². The van der Waals surface area contributed by atoms with Crippen molar-refractivity contribution in [1.29, 1.82) is 0 Å². The number of benzene rings is 4. The summed E-state index contributed by atoms with van der Waals surface area (Å²) in [5.74, 6) is 1.52. The molecular weight excluding hydrogens is 400 g/mol. The molecule has 0 fully saturated rings. The second kappa shape index (κ2) is 8.37. The summed E-state index contributed by atoms with van der Waals surface area (Å²) in [4.78, 5) is 0. The molecular formula is C28H22O2S. The van der Waals surface area contributed by atoms with E-state index in [1.807, 2.05) is 31.2 Å². The molecule has 1 heterocycles. The van der Waals surface area contributed by atoms with E-state index >= 15 is 0 Å². The van der Waals surface area contributed by atoms with E-state index in [0.717, 1.165) is 39.2 Å². The lowest BCUT2D eigenvalue weighted by Gasteiger charge is -2.32. The highest BCUT2D eigenvalue weighted by molar-refractivity contribution is 7.80. The van der Waals surface area contributed by atoms with Gasteiger partial charge in [0.1, 0.15) is 11.5 Å². The maximum Gasteiger partial charge on any atom is 0.191 e. The van der Waals surface area contributed by atoms with Gasteiger partial charge in [-0.15, -0.1) is 0 Å². The molecule has 31 heavy (non-hydrogen) atoms. The first kappa shape index (κ1) is 19.5. The van der Waals surface area contributed by atoms with E-state index in [9.17, 15) is 0 Å². The van der Waals surface area contributed by atoms with E-state index in [1.54, 1.807) is 0 Å². The second-order valence-corrected chi connectivity index (χ2v) is 7.84. The minimum atomic E-state index is -0.0923. The van der Waals surface area contributed by atoms with Crippen LogP contribution in [0.1, 0.15) is 29.5 Å². The molecule has 0 spiro atoms. The van der Waals surface area contributed by atoms with Gasteiger partial charge in [-0.2, -0.15) is 0 Å². The van der Waals surface area contributed by atoms with Gasteiger partial charge < -0.3 is 9.47 Å². The highest BCUT2D eigenvalue weighted by Crippen LogP contribution is 2.49. The first-order valence-corrected chi connectivity index (χ1v) is 10.9. The summed E-state index contributed by atoms with van der Waals surface area (Å²) in [6, 6.07) is 33.2. The lowest BCUT2D eigenvalue weighted by molar-refractivity contribution is 0.333. The molecule has 0 aromatic heterocycles. The number of hydrogen-bond donors (Lipinski definition) is 0. The smallest absolute Gasteiger partial charge is 0.191 e. The minimum Gasteiger partial charge on any atom is -0.483 e. The van der Waals surface area contributed by atoms with E-state index in [2.05, 4.69) is 72.8 Å². The molecule has 1 unspecified atom stereocenters. The maximum atomic E-state index is 6.57. The average molecular weight is 423 g/mol. The van der Waals surface area contributed by atoms with Crippen LogP contribution in [-0.2, 0) is 4.74 Å². The van der Waals surface area contributed by atoms with Crippen molar-refractivity contribution in [2.75, 3.05) is 6.61 Å². The van der Waals surface area contributed by atoms with Crippen LogP contribution in [0, 0.1) is 0 Å². The summed E-state index contributed by atoms with van der Waals surface area (Å²) in [7, 11) is 0. The number of rotatable bonds is 4. The van der Waals surface area contributed by atoms with Gasteiger partial charge in [0.25, 0.3) is 0 Å². The van der Waals surface area contributed by atoms with Gasteiger partial charge in [-0.3, -0.25) is 0 Å². The first-order chi connectivity index (χ1) is 15.3. The fraction of sp³-hybridized carbons (Fsp3) is 0.107. The van der Waals surface area contributed by atoms with Gasteiger partial charge in [-0.1, -0.05) is 91.0 Å². The van der Waals surface area contributed by atoms with Crippen molar-refractivity contribution in [2.24, 2.45) is 0 Å². The third-order valence-electron chi connectivity index (χ3n) is 5.63. The van der Waals surface area contributed by atoms with Crippen LogP contribution in [0.2, 0.25) is 0 Å². The van der Waals surface area contributed by atoms with Crippen molar-refractivity contribution in [2.45, 2.75) is 12.8 Å². The van der Waals surface area contributed by atoms with Crippen molar-refractivity contribution in [3.8, 4) is 5.75 Å². The largest absolute Gasteiger partial charge is 0.483 e. The zero-order valence-electron chi connectivity index (χ0n) is 17.2. The molecule has 0 saturated heterocycles. The molecule has 5 rings (SSSR count). The van der Waals surface area contributed by atoms with Crippen molar-refractivity contribution in [3.63, 3.8) is 0 Å². The first-order valence-electron chi connectivity index (χ1n) is 10.5. The van der Waals surface area contributed by atoms with Gasteiger partial charge >= 0.3 is 0 Å². The van der Waals surface area contributed by atoms with Crippen LogP contribution in [0.4, 0.5) is 0 Å². The molecule has 0 saturated carbocycles. The molecule has 4 aromatic rings. The van der Waals surface area contributed by atoms with Crippen LogP contribution in [-0.4, -0.2) is 11.7 Å². The third-order valence-corrected chi connectivity index (χ3v) is 5.97. The normalized spacial score (nSPS) is 15.3. The van der Waals surface area contributed by atoms with Crippen molar-refractivity contribution < 1.29 is 9.47 Å². The predicted molar refractivity (Wildman–Crippen MR) is 130 cm³/mol. The van der Waals surface area contributed by atoms with Crippen LogP contribution < -0.4 is 4.74 Å². The van der Waals surface area contributed by atoms with Crippen molar-refractivity contribution in [1.82, 2.24) is 0 Å². The molecule has 1 aliphatic heterocycles. The quantitative estimate of drug-likeness (QED) is 0.326. The Balaban J connectivity index is 1.85. The van der Waals surface area contributed by atoms with Gasteiger partial charge in [0.05, 0.1) is 12.2 Å². The molecule has 0 aliphatic carbocycles. The van der Waals surface area contributed by atoms with Crippen LogP contribution >= 0.6 is 12.2 Å². The number of hydrogen-bond acceptors (Lipinski definition) is 3. The van der Waals surface area contributed by atoms with E-state index in [0.29, 0.717) is 11.7 Å². The molecule has 3 heteroatoms. The summed E-state index contributed by atoms with van der Waals surface area (Å²) in [5, 5.41) is 2.82. The van der Waals surface area contributed by atoms with E-state index in [-0.39, 0.29) is 5.92 Å². The zero-order chi connectivity index (χ0) is 21.2. The van der Waals surface area contributed by atoms with E-state index < -0.39 is 0 Å². The Labute approximate surface area is 187 Å². The summed E-state index contributed by atoms with van der Waals surface area (Å²) < 4.78 is 12.5. The molecule has 0 N–H and O–H groups in total. The summed E-state index contributed by atoms with van der Waals surface area (Å²) in [5.41, 5.74) is 4.17. The van der Waals surface area contributed by atoms with Crippen LogP contribution in [0.5, 0.6) is 5.75 Å². The molecule has 0 amide bonds. The lowest BCUT2D eigenvalue weighted by Crippen LogP contribution is -2.23. The molecule has 2 nitrogen and oxygen atoms in total. The molecule has 0 radical (unpaired) electrons. The fourth-order valence-electron chi connectivity index (χ4n) is 4.30. The van der Waals surface area contributed by atoms with Crippen LogP contribution in [0.25, 0.3) is 16.5 Å². The Hall–Kier alpha value is -3.43. The van der Waals surface area contributed by atoms with Gasteiger partial charge in [-0.25, -0.2) is 0 Å². The van der Waals surface area contributed by atoms with Gasteiger partial charge in [0.15, 0.2) is 5.05 Å². The summed E-state index contributed by atoms with van der Waals surface area (Å²) in [6.45, 7) is 2.47. The van der Waals surface area contributed by atoms with E-state index in [1.165, 1.54) is 5.39 Å². The molecule has 1 atom stereocenters. The van der Waals surface area contributed by atoms with Gasteiger partial charge in [0, 0.05) is 17.0 Å². The predicted octanol–water partition coefficient (Wildman–Crippen LogP) is 7.14. The van der Waals surface area contributed by atoms with Crippen molar-refractivity contribution >= 4 is 33.8 Å². The van der Waals surface area contributed by atoms with Crippen LogP contribution in [0.3, 0.4) is 0 Å². The Bertz CT molecular complexity index is 1280. The Morgan fingerprint density at radius 1 is 0.839 bits per heavy atom. The minimum absolute atomic E-state index is 0.0923. The Morgan fingerprint density at radius 2 is 1.52 bits per heavy atom.